The van der Waals surface area contributed by atoms with Gasteiger partial charge in [0.05, 0.1) is 0 Å². The van der Waals surface area contributed by atoms with E-state index in [-0.39, 0.29) is 6.10 Å². The second-order valence-electron chi connectivity index (χ2n) is 1.94. The first-order valence-electron chi connectivity index (χ1n) is 2.84. The van der Waals surface area contributed by atoms with E-state index >= 15 is 0 Å². The van der Waals surface area contributed by atoms with Gasteiger partial charge >= 0.3 is 0 Å². The van der Waals surface area contributed by atoms with Crippen molar-refractivity contribution >= 4 is 0 Å². The van der Waals surface area contributed by atoms with Crippen molar-refractivity contribution in [3.8, 4) is 0 Å². The van der Waals surface area contributed by atoms with Gasteiger partial charge in [-0.2, -0.15) is 7.05 Å². The molecule has 0 bridgehead atoms. The van der Waals surface area contributed by atoms with Gasteiger partial charge in [-0.25, -0.2) is 0 Å². The molecule has 0 saturated heterocycles. The van der Waals surface area contributed by atoms with Crippen LogP contribution in [0.2, 0.25) is 0 Å². The molecule has 2 nitrogen and oxygen atoms in total. The number of ether oxygens (including phenoxy) is 1. The predicted octanol–water partition coefficient (Wildman–Crippen LogP) is 1.41. The molecule has 0 saturated carbocycles. The predicted molar refractivity (Wildman–Crippen MR) is 35.2 cm³/mol. The Hall–Kier alpha value is -0.0800. The third kappa shape index (κ3) is 2.28. The van der Waals surface area contributed by atoms with Crippen molar-refractivity contribution in [2.24, 2.45) is 0 Å². The highest BCUT2D eigenvalue weighted by Gasteiger charge is 1.97. The summed E-state index contributed by atoms with van der Waals surface area (Å²) in [4.78, 5) is 0. The van der Waals surface area contributed by atoms with Gasteiger partial charge in [-0.05, 0) is 6.92 Å². The summed E-state index contributed by atoms with van der Waals surface area (Å²) in [5.74, 6) is 0. The fourth-order valence-electron chi connectivity index (χ4n) is 0.407. The Labute approximate surface area is 51.2 Å². The summed E-state index contributed by atoms with van der Waals surface area (Å²) in [6.45, 7) is 4.05. The van der Waals surface area contributed by atoms with Crippen molar-refractivity contribution < 1.29 is 4.74 Å². The molecule has 0 radical (unpaired) electrons. The van der Waals surface area contributed by atoms with Crippen molar-refractivity contribution in [1.29, 1.82) is 0 Å². The largest absolute Gasteiger partial charge is 0.660 e. The van der Waals surface area contributed by atoms with Crippen molar-refractivity contribution in [3.05, 3.63) is 5.32 Å². The average molecular weight is 116 g/mol. The van der Waals surface area contributed by atoms with Gasteiger partial charge in [0, 0.05) is 13.2 Å². The summed E-state index contributed by atoms with van der Waals surface area (Å²) in [5.41, 5.74) is 0. The second kappa shape index (κ2) is 3.87. The maximum Gasteiger partial charge on any atom is 0.0381 e. The first-order valence-corrected chi connectivity index (χ1v) is 2.84. The maximum absolute atomic E-state index is 5.01. The number of methoxy groups -OCH3 is 1. The fraction of sp³-hybridized carbons (Fsp3) is 1.00. The van der Waals surface area contributed by atoms with Gasteiger partial charge < -0.3 is 10.1 Å². The number of rotatable bonds is 3. The highest BCUT2D eigenvalue weighted by molar-refractivity contribution is 4.86. The molecule has 8 heavy (non-hydrogen) atoms. The molecular formula is C6H14NO-. The molecule has 0 aromatic rings. The summed E-state index contributed by atoms with van der Waals surface area (Å²) >= 11 is 0. The van der Waals surface area contributed by atoms with Crippen molar-refractivity contribution in [2.45, 2.75) is 26.0 Å². The minimum absolute atomic E-state index is 0.250. The SMILES string of the molecule is C[N-]C(C)C(C)OC. The normalized spacial score (nSPS) is 18.0. The number of nitrogens with zero attached hydrogens (tertiary/aromatic N) is 1. The van der Waals surface area contributed by atoms with Gasteiger partial charge in [0.2, 0.25) is 0 Å². The summed E-state index contributed by atoms with van der Waals surface area (Å²) in [6.07, 6.45) is 0.250. The van der Waals surface area contributed by atoms with Crippen molar-refractivity contribution in [2.75, 3.05) is 14.2 Å². The van der Waals surface area contributed by atoms with Crippen LogP contribution < -0.4 is 0 Å². The summed E-state index contributed by atoms with van der Waals surface area (Å²) in [6, 6.07) is 0.319. The minimum Gasteiger partial charge on any atom is -0.660 e. The molecule has 50 valence electrons. The highest BCUT2D eigenvalue weighted by atomic mass is 16.5. The van der Waals surface area contributed by atoms with Crippen LogP contribution in [-0.2, 0) is 4.74 Å². The van der Waals surface area contributed by atoms with E-state index in [1.165, 1.54) is 0 Å². The molecule has 0 aromatic heterocycles. The Kier molecular flexibility index (Phi) is 3.83. The number of hydrogen-bond acceptors (Lipinski definition) is 1. The second-order valence-corrected chi connectivity index (χ2v) is 1.94. The van der Waals surface area contributed by atoms with Crippen LogP contribution in [0, 0.1) is 0 Å². The van der Waals surface area contributed by atoms with Crippen molar-refractivity contribution in [3.63, 3.8) is 0 Å². The highest BCUT2D eigenvalue weighted by Crippen LogP contribution is 2.03. The quantitative estimate of drug-likeness (QED) is 0.547. The molecule has 0 heterocycles. The molecule has 0 rings (SSSR count). The Morgan fingerprint density at radius 2 is 1.88 bits per heavy atom. The van der Waals surface area contributed by atoms with Gasteiger partial charge in [0.25, 0.3) is 0 Å². The Balaban J connectivity index is 3.29. The summed E-state index contributed by atoms with van der Waals surface area (Å²) in [5, 5.41) is 4.03. The van der Waals surface area contributed by atoms with E-state index in [4.69, 9.17) is 4.74 Å². The fourth-order valence-corrected chi connectivity index (χ4v) is 0.407. The molecule has 2 heteroatoms. The molecule has 0 amide bonds. The number of likely N-dealkylation sites (N-methyl/N-ethyl adjacent to an activating group) is 1. The van der Waals surface area contributed by atoms with E-state index in [2.05, 4.69) is 5.32 Å². The van der Waals surface area contributed by atoms with E-state index in [1.54, 1.807) is 14.2 Å². The molecule has 0 fully saturated rings. The first kappa shape index (κ1) is 7.92. The monoisotopic (exact) mass is 116 g/mol. The van der Waals surface area contributed by atoms with Gasteiger partial charge in [0.1, 0.15) is 0 Å². The van der Waals surface area contributed by atoms with Crippen LogP contribution in [-0.4, -0.2) is 26.3 Å². The van der Waals surface area contributed by atoms with Gasteiger partial charge in [-0.3, -0.25) is 0 Å². The van der Waals surface area contributed by atoms with Crippen LogP contribution in [0.3, 0.4) is 0 Å². The minimum atomic E-state index is 0.250. The van der Waals surface area contributed by atoms with Crippen LogP contribution in [0.5, 0.6) is 0 Å². The molecule has 0 N–H and O–H groups in total. The molecule has 0 aliphatic rings. The zero-order valence-electron chi connectivity index (χ0n) is 6.01. The van der Waals surface area contributed by atoms with Crippen molar-refractivity contribution in [1.82, 2.24) is 0 Å². The molecule has 0 aliphatic carbocycles. The zero-order chi connectivity index (χ0) is 6.57. The first-order chi connectivity index (χ1) is 3.72. The molecule has 2 unspecified atom stereocenters. The lowest BCUT2D eigenvalue weighted by Gasteiger charge is -2.28. The maximum atomic E-state index is 5.01. The topological polar surface area (TPSA) is 23.3 Å². The third-order valence-corrected chi connectivity index (χ3v) is 1.46. The van der Waals surface area contributed by atoms with Crippen LogP contribution >= 0.6 is 0 Å². The average Bonchev–Trinajstić information content (AvgIpc) is 1.84. The van der Waals surface area contributed by atoms with E-state index in [9.17, 15) is 0 Å². The summed E-state index contributed by atoms with van der Waals surface area (Å²) < 4.78 is 5.01. The van der Waals surface area contributed by atoms with E-state index in [1.807, 2.05) is 13.8 Å². The zero-order valence-corrected chi connectivity index (χ0v) is 6.01. The Morgan fingerprint density at radius 3 is 2.00 bits per heavy atom. The van der Waals surface area contributed by atoms with Crippen LogP contribution in [0.15, 0.2) is 0 Å². The van der Waals surface area contributed by atoms with Crippen LogP contribution in [0.4, 0.5) is 0 Å². The van der Waals surface area contributed by atoms with Crippen LogP contribution in [0.25, 0.3) is 5.32 Å². The number of hydrogen-bond donors (Lipinski definition) is 0. The lowest BCUT2D eigenvalue weighted by atomic mass is 10.2. The molecule has 2 atom stereocenters. The molecule has 0 aromatic carbocycles. The van der Waals surface area contributed by atoms with E-state index in [0.717, 1.165) is 0 Å². The standard InChI is InChI=1S/C6H14NO/c1-5(7-3)6(2)8-4/h5-6H,1-4H3/q-1. The molecule has 0 spiro atoms. The Bertz CT molecular complexity index is 48.5. The molecular weight excluding hydrogens is 102 g/mol. The van der Waals surface area contributed by atoms with Gasteiger partial charge in [0.15, 0.2) is 0 Å². The Morgan fingerprint density at radius 1 is 1.38 bits per heavy atom. The van der Waals surface area contributed by atoms with Gasteiger partial charge in [-0.15, -0.1) is 6.04 Å². The van der Waals surface area contributed by atoms with Gasteiger partial charge in [-0.1, -0.05) is 6.92 Å². The molecule has 0 aliphatic heterocycles. The smallest absolute Gasteiger partial charge is 0.0381 e. The summed E-state index contributed by atoms with van der Waals surface area (Å²) in [7, 11) is 3.51. The van der Waals surface area contributed by atoms with E-state index in [0.29, 0.717) is 6.04 Å². The van der Waals surface area contributed by atoms with E-state index < -0.39 is 0 Å². The van der Waals surface area contributed by atoms with Crippen LogP contribution in [0.1, 0.15) is 13.8 Å². The third-order valence-electron chi connectivity index (χ3n) is 1.46. The lowest BCUT2D eigenvalue weighted by molar-refractivity contribution is 0.108. The lowest BCUT2D eigenvalue weighted by Crippen LogP contribution is -2.19.